The minimum absolute atomic E-state index is 0.0158. The van der Waals surface area contributed by atoms with Crippen molar-refractivity contribution in [2.45, 2.75) is 96.9 Å². The van der Waals surface area contributed by atoms with Crippen molar-refractivity contribution in [2.24, 2.45) is 0 Å². The van der Waals surface area contributed by atoms with Gasteiger partial charge in [0, 0.05) is 18.3 Å². The molecule has 0 bridgehead atoms. The van der Waals surface area contributed by atoms with Crippen molar-refractivity contribution < 1.29 is 18.8 Å². The summed E-state index contributed by atoms with van der Waals surface area (Å²) in [6, 6.07) is 20.2. The largest absolute Gasteiger partial charge is 0.438 e. The predicted molar refractivity (Wildman–Crippen MR) is 170 cm³/mol. The Kier molecular flexibility index (Phi) is 11.0. The Bertz CT molecular complexity index is 1120. The molecule has 1 saturated heterocycles. The van der Waals surface area contributed by atoms with E-state index in [2.05, 4.69) is 92.2 Å². The van der Waals surface area contributed by atoms with Gasteiger partial charge in [-0.05, 0) is 55.4 Å². The Balaban J connectivity index is 2.17. The van der Waals surface area contributed by atoms with E-state index in [1.165, 1.54) is 0 Å². The molecule has 0 aromatic heterocycles. The number of alkyl halides is 1. The second-order valence-corrected chi connectivity index (χ2v) is 17.2. The molecule has 5 nitrogen and oxygen atoms in total. The quantitative estimate of drug-likeness (QED) is 0.104. The van der Waals surface area contributed by atoms with E-state index in [0.29, 0.717) is 13.0 Å². The number of halogens is 1. The summed E-state index contributed by atoms with van der Waals surface area (Å²) in [7, 11) is -2.96. The Morgan fingerprint density at radius 1 is 1.07 bits per heavy atom. The van der Waals surface area contributed by atoms with Crippen LogP contribution >= 0.6 is 15.9 Å². The van der Waals surface area contributed by atoms with Crippen molar-refractivity contribution in [2.75, 3.05) is 11.9 Å². The van der Waals surface area contributed by atoms with Gasteiger partial charge in [0.2, 0.25) is 0 Å². The van der Waals surface area contributed by atoms with Crippen LogP contribution in [0.2, 0.25) is 5.04 Å². The number of nitrogens with zero attached hydrogens (tertiary/aromatic N) is 1. The first-order chi connectivity index (χ1) is 18.9. The molecule has 0 spiro atoms. The van der Waals surface area contributed by atoms with Gasteiger partial charge in [-0.15, -0.1) is 0 Å². The smallest absolute Gasteiger partial charge is 0.411 e. The molecule has 218 valence electrons. The molecule has 2 aromatic rings. The van der Waals surface area contributed by atoms with Crippen LogP contribution in [0.15, 0.2) is 72.3 Å². The van der Waals surface area contributed by atoms with Crippen molar-refractivity contribution in [1.82, 2.24) is 4.90 Å². The van der Waals surface area contributed by atoms with Gasteiger partial charge in [-0.3, -0.25) is 9.69 Å². The molecule has 0 radical (unpaired) electrons. The summed E-state index contributed by atoms with van der Waals surface area (Å²) >= 11 is 3.49. The molecule has 1 aliphatic heterocycles. The number of carbonyl (C=O) groups is 2. The minimum atomic E-state index is -2.96. The summed E-state index contributed by atoms with van der Waals surface area (Å²) in [5.74, 6) is -0.0158. The maximum Gasteiger partial charge on any atom is 0.411 e. The maximum absolute atomic E-state index is 13.9. The zero-order chi connectivity index (χ0) is 29.6. The molecule has 1 aliphatic rings. The SMILES string of the molecule is CC[C@@H](O[Si](c1ccccc1)(c1ccccc1)C(C)(C)C)[C@@]1(C)OC(=O)N(CCCCBr)[C@@H]1C(=O)CC=C(C)C. The molecule has 1 fully saturated rings. The van der Waals surface area contributed by atoms with Crippen LogP contribution in [0.25, 0.3) is 0 Å². The monoisotopic (exact) mass is 627 g/mol. The molecular formula is C33H46BrNO4Si. The van der Waals surface area contributed by atoms with E-state index in [4.69, 9.17) is 9.16 Å². The number of benzene rings is 2. The van der Waals surface area contributed by atoms with Crippen LogP contribution < -0.4 is 10.4 Å². The fraction of sp³-hybridized carbons (Fsp3) is 0.515. The minimum Gasteiger partial charge on any atom is -0.438 e. The third kappa shape index (κ3) is 6.63. The van der Waals surface area contributed by atoms with Crippen molar-refractivity contribution in [3.8, 4) is 0 Å². The van der Waals surface area contributed by atoms with E-state index in [-0.39, 0.29) is 17.2 Å². The number of cyclic esters (lactones) is 1. The van der Waals surface area contributed by atoms with E-state index in [9.17, 15) is 9.59 Å². The fourth-order valence-electron chi connectivity index (χ4n) is 5.98. The Hall–Kier alpha value is -2.22. The highest BCUT2D eigenvalue weighted by Crippen LogP contribution is 2.43. The number of amides is 1. The molecule has 3 rings (SSSR count). The molecule has 3 atom stereocenters. The van der Waals surface area contributed by atoms with Crippen LogP contribution in [0.4, 0.5) is 4.79 Å². The average molecular weight is 629 g/mol. The summed E-state index contributed by atoms with van der Waals surface area (Å²) in [6.45, 7) is 15.1. The highest BCUT2D eigenvalue weighted by Gasteiger charge is 2.61. The fourth-order valence-corrected chi connectivity index (χ4v) is 11.2. The van der Waals surface area contributed by atoms with E-state index >= 15 is 0 Å². The van der Waals surface area contributed by atoms with E-state index in [1.54, 1.807) is 4.90 Å². The van der Waals surface area contributed by atoms with Crippen molar-refractivity contribution in [3.05, 3.63) is 72.3 Å². The highest BCUT2D eigenvalue weighted by atomic mass is 79.9. The van der Waals surface area contributed by atoms with E-state index in [1.807, 2.05) is 39.0 Å². The molecule has 0 saturated carbocycles. The third-order valence-corrected chi connectivity index (χ3v) is 13.5. The Morgan fingerprint density at radius 3 is 2.08 bits per heavy atom. The standard InChI is InChI=1S/C33H46BrNO4Si/c1-8-29(33(7)30(28(36)22-21-25(2)3)35(31(37)38-33)24-16-15-23-34)39-40(32(4,5)6,26-17-11-9-12-18-26)27-19-13-10-14-20-27/h9-14,17-21,29-30H,8,15-16,22-24H2,1-7H3/t29-,30-,33-/m1/s1. The number of ether oxygens (including phenoxy) is 1. The Morgan fingerprint density at radius 2 is 1.62 bits per heavy atom. The molecule has 1 amide bonds. The topological polar surface area (TPSA) is 55.8 Å². The molecule has 0 aliphatic carbocycles. The summed E-state index contributed by atoms with van der Waals surface area (Å²) in [4.78, 5) is 29.0. The van der Waals surface area contributed by atoms with Gasteiger partial charge in [0.25, 0.3) is 8.32 Å². The maximum atomic E-state index is 13.9. The Labute approximate surface area is 250 Å². The average Bonchev–Trinajstić information content (AvgIpc) is 3.18. The normalized spacial score (nSPS) is 20.2. The lowest BCUT2D eigenvalue weighted by molar-refractivity contribution is -0.130. The zero-order valence-corrected chi connectivity index (χ0v) is 27.8. The zero-order valence-electron chi connectivity index (χ0n) is 25.2. The predicted octanol–water partition coefficient (Wildman–Crippen LogP) is 7.02. The van der Waals surface area contributed by atoms with Gasteiger partial charge in [0.1, 0.15) is 6.04 Å². The third-order valence-electron chi connectivity index (χ3n) is 7.94. The summed E-state index contributed by atoms with van der Waals surface area (Å²) in [5.41, 5.74) is -0.0680. The van der Waals surface area contributed by atoms with Crippen LogP contribution in [-0.2, 0) is 14.0 Å². The number of carbonyl (C=O) groups excluding carboxylic acids is 2. The first kappa shape index (κ1) is 32.3. The van der Waals surface area contributed by atoms with Gasteiger partial charge in [-0.2, -0.15) is 0 Å². The van der Waals surface area contributed by atoms with E-state index < -0.39 is 32.2 Å². The van der Waals surface area contributed by atoms with Gasteiger partial charge >= 0.3 is 6.09 Å². The first-order valence-electron chi connectivity index (χ1n) is 14.4. The molecule has 7 heteroatoms. The lowest BCUT2D eigenvalue weighted by Crippen LogP contribution is -2.70. The number of Topliss-reactive ketones (excluding diaryl/α,β-unsaturated/α-hetero) is 1. The second kappa shape index (κ2) is 13.6. The molecule has 0 unspecified atom stereocenters. The molecule has 0 N–H and O–H groups in total. The molecular weight excluding hydrogens is 582 g/mol. The van der Waals surface area contributed by atoms with Crippen LogP contribution in [0.3, 0.4) is 0 Å². The molecule has 1 heterocycles. The lowest BCUT2D eigenvalue weighted by atomic mass is 9.84. The number of allylic oxidation sites excluding steroid dienone is 2. The van der Waals surface area contributed by atoms with Gasteiger partial charge in [0.15, 0.2) is 11.4 Å². The second-order valence-electron chi connectivity index (χ2n) is 12.2. The van der Waals surface area contributed by atoms with Crippen LogP contribution in [-0.4, -0.2) is 54.7 Å². The van der Waals surface area contributed by atoms with Crippen molar-refractivity contribution >= 4 is 46.5 Å². The van der Waals surface area contributed by atoms with Crippen molar-refractivity contribution in [3.63, 3.8) is 0 Å². The van der Waals surface area contributed by atoms with Crippen molar-refractivity contribution in [1.29, 1.82) is 0 Å². The van der Waals surface area contributed by atoms with Crippen LogP contribution in [0.5, 0.6) is 0 Å². The number of hydrogen-bond donors (Lipinski definition) is 0. The van der Waals surface area contributed by atoms with Crippen LogP contribution in [0, 0.1) is 0 Å². The highest BCUT2D eigenvalue weighted by molar-refractivity contribution is 9.09. The number of unbranched alkanes of at least 4 members (excludes halogenated alkanes) is 1. The summed E-state index contributed by atoms with van der Waals surface area (Å²) < 4.78 is 13.7. The van der Waals surface area contributed by atoms with Gasteiger partial charge < -0.3 is 9.16 Å². The summed E-state index contributed by atoms with van der Waals surface area (Å²) in [5, 5.41) is 2.90. The number of ketones is 1. The van der Waals surface area contributed by atoms with Gasteiger partial charge in [0.05, 0.1) is 6.10 Å². The van der Waals surface area contributed by atoms with Gasteiger partial charge in [-0.1, -0.05) is 116 Å². The van der Waals surface area contributed by atoms with E-state index in [0.717, 1.165) is 34.1 Å². The first-order valence-corrected chi connectivity index (χ1v) is 17.5. The molecule has 40 heavy (non-hydrogen) atoms. The summed E-state index contributed by atoms with van der Waals surface area (Å²) in [6.07, 6.45) is 3.55. The number of rotatable bonds is 13. The molecule has 2 aromatic carbocycles. The lowest BCUT2D eigenvalue weighted by Gasteiger charge is -2.48. The number of hydrogen-bond acceptors (Lipinski definition) is 4. The van der Waals surface area contributed by atoms with Crippen LogP contribution in [0.1, 0.15) is 74.1 Å². The van der Waals surface area contributed by atoms with Gasteiger partial charge in [-0.25, -0.2) is 4.79 Å².